The topological polar surface area (TPSA) is 23.5 Å². The highest BCUT2D eigenvalue weighted by Crippen LogP contribution is 2.28. The predicted octanol–water partition coefficient (Wildman–Crippen LogP) is 1.69. The third-order valence-corrected chi connectivity index (χ3v) is 3.51. The molecule has 0 unspecified atom stereocenters. The van der Waals surface area contributed by atoms with Gasteiger partial charge in [0.15, 0.2) is 0 Å². The van der Waals surface area contributed by atoms with E-state index in [4.69, 9.17) is 5.11 Å². The van der Waals surface area contributed by atoms with Crippen LogP contribution in [0.3, 0.4) is 0 Å². The number of hydrogen-bond donors (Lipinski definition) is 1. The fraction of sp³-hybridized carbons (Fsp3) is 0.500. The molecule has 1 fully saturated rings. The maximum Gasteiger partial charge on any atom is 0.104 e. The van der Waals surface area contributed by atoms with Crippen LogP contribution in [0.2, 0.25) is 0 Å². The summed E-state index contributed by atoms with van der Waals surface area (Å²) in [6.07, 6.45) is 2.69. The second-order valence-electron chi connectivity index (χ2n) is 3.87. The highest BCUT2D eigenvalue weighted by Gasteiger charge is 2.25. The van der Waals surface area contributed by atoms with Gasteiger partial charge in [-0.25, -0.2) is 0 Å². The molecule has 80 valence electrons. The molecule has 1 aliphatic carbocycles. The number of thiophene rings is 1. The van der Waals surface area contributed by atoms with E-state index in [1.54, 1.807) is 11.3 Å². The first-order valence-corrected chi connectivity index (χ1v) is 6.00. The molecule has 0 bridgehead atoms. The number of hydrogen-bond acceptors (Lipinski definition) is 3. The molecule has 0 aromatic carbocycles. The lowest BCUT2D eigenvalue weighted by atomic mass is 10.4. The van der Waals surface area contributed by atoms with Crippen LogP contribution in [-0.2, 0) is 6.54 Å². The molecule has 1 aromatic rings. The van der Waals surface area contributed by atoms with Crippen molar-refractivity contribution < 1.29 is 5.11 Å². The number of nitrogens with zero attached hydrogens (tertiary/aromatic N) is 1. The van der Waals surface area contributed by atoms with Crippen LogP contribution in [0.15, 0.2) is 12.1 Å². The summed E-state index contributed by atoms with van der Waals surface area (Å²) >= 11 is 1.72. The standard InChI is InChI=1S/C12H15NOS/c1-13(10-4-5-10)9-12-7-6-11(15-12)3-2-8-14/h6-7,10,14H,4-5,8-9H2,1H3. The maximum absolute atomic E-state index is 8.58. The highest BCUT2D eigenvalue weighted by molar-refractivity contribution is 7.12. The molecule has 0 spiro atoms. The predicted molar refractivity (Wildman–Crippen MR) is 62.8 cm³/mol. The Bertz CT molecular complexity index is 384. The Balaban J connectivity index is 1.94. The van der Waals surface area contributed by atoms with Gasteiger partial charge in [0, 0.05) is 17.5 Å². The normalized spacial score (nSPS) is 15.1. The monoisotopic (exact) mass is 221 g/mol. The van der Waals surface area contributed by atoms with Gasteiger partial charge in [0.05, 0.1) is 4.88 Å². The fourth-order valence-corrected chi connectivity index (χ4v) is 2.49. The van der Waals surface area contributed by atoms with Crippen LogP contribution < -0.4 is 0 Å². The van der Waals surface area contributed by atoms with Gasteiger partial charge in [-0.15, -0.1) is 11.3 Å². The van der Waals surface area contributed by atoms with E-state index in [1.807, 2.05) is 6.07 Å². The zero-order chi connectivity index (χ0) is 10.7. The Kier molecular flexibility index (Phi) is 3.42. The van der Waals surface area contributed by atoms with Crippen molar-refractivity contribution in [3.63, 3.8) is 0 Å². The maximum atomic E-state index is 8.58. The SMILES string of the molecule is CN(Cc1ccc(C#CCO)s1)C1CC1. The molecule has 2 nitrogen and oxygen atoms in total. The molecule has 0 atom stereocenters. The van der Waals surface area contributed by atoms with E-state index in [0.29, 0.717) is 0 Å². The first-order chi connectivity index (χ1) is 7.29. The lowest BCUT2D eigenvalue weighted by molar-refractivity contribution is 0.319. The molecular weight excluding hydrogens is 206 g/mol. The smallest absolute Gasteiger partial charge is 0.104 e. The molecule has 15 heavy (non-hydrogen) atoms. The summed E-state index contributed by atoms with van der Waals surface area (Å²) in [4.78, 5) is 4.80. The lowest BCUT2D eigenvalue weighted by Crippen LogP contribution is -2.19. The van der Waals surface area contributed by atoms with Crippen LogP contribution in [0.25, 0.3) is 0 Å². The minimum Gasteiger partial charge on any atom is -0.384 e. The Morgan fingerprint density at radius 2 is 2.33 bits per heavy atom. The average Bonchev–Trinajstić information content (AvgIpc) is 2.99. The van der Waals surface area contributed by atoms with E-state index in [1.165, 1.54) is 17.7 Å². The summed E-state index contributed by atoms with van der Waals surface area (Å²) < 4.78 is 0. The first-order valence-electron chi connectivity index (χ1n) is 5.18. The quantitative estimate of drug-likeness (QED) is 0.785. The van der Waals surface area contributed by atoms with Crippen molar-refractivity contribution >= 4 is 11.3 Å². The minimum absolute atomic E-state index is 0.0603. The first kappa shape index (κ1) is 10.7. The molecule has 1 saturated carbocycles. The van der Waals surface area contributed by atoms with Crippen molar-refractivity contribution in [2.24, 2.45) is 0 Å². The average molecular weight is 221 g/mol. The molecule has 0 aliphatic heterocycles. The van der Waals surface area contributed by atoms with E-state index < -0.39 is 0 Å². The molecule has 1 aliphatic rings. The minimum atomic E-state index is -0.0603. The van der Waals surface area contributed by atoms with Crippen molar-refractivity contribution in [1.29, 1.82) is 0 Å². The van der Waals surface area contributed by atoms with Crippen LogP contribution in [0.4, 0.5) is 0 Å². The molecule has 1 aromatic heterocycles. The van der Waals surface area contributed by atoms with Gasteiger partial charge < -0.3 is 5.11 Å². The third-order valence-electron chi connectivity index (χ3n) is 2.53. The van der Waals surface area contributed by atoms with Gasteiger partial charge in [-0.1, -0.05) is 11.8 Å². The molecule has 3 heteroatoms. The van der Waals surface area contributed by atoms with E-state index in [9.17, 15) is 0 Å². The van der Waals surface area contributed by atoms with Crippen molar-refractivity contribution in [3.8, 4) is 11.8 Å². The number of rotatable bonds is 3. The second kappa shape index (κ2) is 4.80. The Morgan fingerprint density at radius 1 is 1.53 bits per heavy atom. The van der Waals surface area contributed by atoms with E-state index in [2.05, 4.69) is 29.9 Å². The molecule has 0 radical (unpaired) electrons. The van der Waals surface area contributed by atoms with E-state index >= 15 is 0 Å². The Morgan fingerprint density at radius 3 is 3.00 bits per heavy atom. The zero-order valence-electron chi connectivity index (χ0n) is 8.86. The lowest BCUT2D eigenvalue weighted by Gasteiger charge is -2.13. The second-order valence-corrected chi connectivity index (χ2v) is 5.04. The number of aliphatic hydroxyl groups is 1. The van der Waals surface area contributed by atoms with Gasteiger partial charge in [-0.05, 0) is 32.0 Å². The summed E-state index contributed by atoms with van der Waals surface area (Å²) in [5.74, 6) is 5.60. The summed E-state index contributed by atoms with van der Waals surface area (Å²) in [6.45, 7) is 0.964. The Hall–Kier alpha value is -0.820. The van der Waals surface area contributed by atoms with Crippen molar-refractivity contribution in [2.75, 3.05) is 13.7 Å². The van der Waals surface area contributed by atoms with Crippen molar-refractivity contribution in [2.45, 2.75) is 25.4 Å². The van der Waals surface area contributed by atoms with Crippen LogP contribution in [0.1, 0.15) is 22.6 Å². The van der Waals surface area contributed by atoms with Gasteiger partial charge in [-0.3, -0.25) is 4.90 Å². The van der Waals surface area contributed by atoms with Crippen molar-refractivity contribution in [1.82, 2.24) is 4.90 Å². The van der Waals surface area contributed by atoms with Crippen LogP contribution in [-0.4, -0.2) is 29.7 Å². The summed E-state index contributed by atoms with van der Waals surface area (Å²) in [5, 5.41) is 8.58. The summed E-state index contributed by atoms with van der Waals surface area (Å²) in [7, 11) is 2.18. The summed E-state index contributed by atoms with van der Waals surface area (Å²) in [6, 6.07) is 4.97. The molecule has 2 rings (SSSR count). The molecule has 0 saturated heterocycles. The van der Waals surface area contributed by atoms with Gasteiger partial charge >= 0.3 is 0 Å². The molecule has 1 N–H and O–H groups in total. The zero-order valence-corrected chi connectivity index (χ0v) is 9.68. The molecule has 1 heterocycles. The third kappa shape index (κ3) is 3.07. The van der Waals surface area contributed by atoms with Gasteiger partial charge in [0.25, 0.3) is 0 Å². The van der Waals surface area contributed by atoms with Crippen molar-refractivity contribution in [3.05, 3.63) is 21.9 Å². The van der Waals surface area contributed by atoms with E-state index in [-0.39, 0.29) is 6.61 Å². The van der Waals surface area contributed by atoms with Gasteiger partial charge in [-0.2, -0.15) is 0 Å². The molecule has 0 amide bonds. The van der Waals surface area contributed by atoms with Crippen LogP contribution >= 0.6 is 11.3 Å². The fourth-order valence-electron chi connectivity index (χ4n) is 1.55. The largest absolute Gasteiger partial charge is 0.384 e. The summed E-state index contributed by atoms with van der Waals surface area (Å²) in [5.41, 5.74) is 0. The van der Waals surface area contributed by atoms with Gasteiger partial charge in [0.2, 0.25) is 0 Å². The Labute approximate surface area is 94.5 Å². The van der Waals surface area contributed by atoms with E-state index in [0.717, 1.165) is 17.5 Å². The van der Waals surface area contributed by atoms with Crippen LogP contribution in [0, 0.1) is 11.8 Å². The highest BCUT2D eigenvalue weighted by atomic mass is 32.1. The van der Waals surface area contributed by atoms with Gasteiger partial charge in [0.1, 0.15) is 6.61 Å². The number of aliphatic hydroxyl groups excluding tert-OH is 1. The molecular formula is C12H15NOS. The van der Waals surface area contributed by atoms with Crippen LogP contribution in [0.5, 0.6) is 0 Å².